The van der Waals surface area contributed by atoms with Crippen molar-refractivity contribution in [2.75, 3.05) is 25.4 Å². The molecular weight excluding hydrogens is 272 g/mol. The second-order valence-corrected chi connectivity index (χ2v) is 6.19. The largest absolute Gasteiger partial charge is 0.395 e. The molecule has 2 heterocycles. The number of carbonyl (C=O) groups excluding carboxylic acids is 1. The van der Waals surface area contributed by atoms with Gasteiger partial charge in [0.25, 0.3) is 5.91 Å². The smallest absolute Gasteiger partial charge is 0.272 e. The van der Waals surface area contributed by atoms with E-state index in [1.54, 1.807) is 18.3 Å². The number of aliphatic hydroxyl groups excluding tert-OH is 1. The molecule has 0 aromatic carbocycles. The standard InChI is InChI=1S/C15H18N2O2S/c1-12-11-17(7-9-20-12)15(19)14-6-5-13(10-16-14)4-2-3-8-18/h5-6,10,12,18H,3,7-9,11H2,1H3. The molecule has 0 radical (unpaired) electrons. The zero-order valence-corrected chi connectivity index (χ0v) is 12.3. The van der Waals surface area contributed by atoms with Crippen molar-refractivity contribution in [2.24, 2.45) is 0 Å². The molecule has 1 aromatic rings. The van der Waals surface area contributed by atoms with E-state index in [9.17, 15) is 4.79 Å². The molecule has 0 saturated carbocycles. The SMILES string of the molecule is CC1CN(C(=O)c2ccc(C#CCCO)cn2)CCS1. The first-order valence-corrected chi connectivity index (χ1v) is 7.72. The first-order valence-electron chi connectivity index (χ1n) is 6.67. The van der Waals surface area contributed by atoms with E-state index in [0.717, 1.165) is 24.4 Å². The molecule has 20 heavy (non-hydrogen) atoms. The summed E-state index contributed by atoms with van der Waals surface area (Å²) in [7, 11) is 0. The maximum atomic E-state index is 12.3. The molecule has 2 rings (SSSR count). The predicted octanol–water partition coefficient (Wildman–Crippen LogP) is 1.39. The lowest BCUT2D eigenvalue weighted by atomic mass is 10.2. The second-order valence-electron chi connectivity index (χ2n) is 4.64. The molecule has 1 amide bonds. The zero-order valence-electron chi connectivity index (χ0n) is 11.5. The number of hydrogen-bond acceptors (Lipinski definition) is 4. The summed E-state index contributed by atoms with van der Waals surface area (Å²) in [5.74, 6) is 6.71. The minimum Gasteiger partial charge on any atom is -0.395 e. The summed E-state index contributed by atoms with van der Waals surface area (Å²) < 4.78 is 0. The summed E-state index contributed by atoms with van der Waals surface area (Å²) in [5, 5.41) is 9.14. The van der Waals surface area contributed by atoms with Crippen LogP contribution in [0.2, 0.25) is 0 Å². The van der Waals surface area contributed by atoms with Crippen molar-refractivity contribution in [2.45, 2.75) is 18.6 Å². The Morgan fingerprint density at radius 3 is 3.10 bits per heavy atom. The summed E-state index contributed by atoms with van der Waals surface area (Å²) in [6, 6.07) is 3.52. The molecule has 1 aliphatic heterocycles. The van der Waals surface area contributed by atoms with E-state index in [1.807, 2.05) is 16.7 Å². The fourth-order valence-corrected chi connectivity index (χ4v) is 2.99. The van der Waals surface area contributed by atoms with E-state index < -0.39 is 0 Å². The highest BCUT2D eigenvalue weighted by atomic mass is 32.2. The van der Waals surface area contributed by atoms with Crippen LogP contribution >= 0.6 is 11.8 Å². The number of pyridine rings is 1. The van der Waals surface area contributed by atoms with Crippen LogP contribution in [-0.2, 0) is 0 Å². The molecule has 0 bridgehead atoms. The first-order chi connectivity index (χ1) is 9.70. The highest BCUT2D eigenvalue weighted by Gasteiger charge is 2.22. The summed E-state index contributed by atoms with van der Waals surface area (Å²) in [6.07, 6.45) is 2.06. The Bertz CT molecular complexity index is 519. The Balaban J connectivity index is 2.02. The molecule has 1 saturated heterocycles. The quantitative estimate of drug-likeness (QED) is 0.836. The molecule has 0 aliphatic carbocycles. The van der Waals surface area contributed by atoms with E-state index in [4.69, 9.17) is 5.11 Å². The van der Waals surface area contributed by atoms with Gasteiger partial charge in [0.2, 0.25) is 0 Å². The van der Waals surface area contributed by atoms with Crippen molar-refractivity contribution >= 4 is 17.7 Å². The Hall–Kier alpha value is -1.51. The lowest BCUT2D eigenvalue weighted by molar-refractivity contribution is 0.0757. The van der Waals surface area contributed by atoms with Crippen LogP contribution in [0.5, 0.6) is 0 Å². The maximum absolute atomic E-state index is 12.3. The van der Waals surface area contributed by atoms with Gasteiger partial charge in [-0.25, -0.2) is 4.98 Å². The minimum atomic E-state index is -0.00739. The van der Waals surface area contributed by atoms with Crippen LogP contribution in [0.3, 0.4) is 0 Å². The third-order valence-electron chi connectivity index (χ3n) is 2.98. The molecule has 0 spiro atoms. The van der Waals surface area contributed by atoms with Gasteiger partial charge in [-0.2, -0.15) is 11.8 Å². The number of nitrogens with zero attached hydrogens (tertiary/aromatic N) is 2. The monoisotopic (exact) mass is 290 g/mol. The van der Waals surface area contributed by atoms with Crippen LogP contribution in [0.25, 0.3) is 0 Å². The third-order valence-corrected chi connectivity index (χ3v) is 4.12. The number of rotatable bonds is 2. The Labute approximate surface area is 123 Å². The van der Waals surface area contributed by atoms with Gasteiger partial charge in [0.05, 0.1) is 6.61 Å². The van der Waals surface area contributed by atoms with Gasteiger partial charge in [-0.15, -0.1) is 0 Å². The molecule has 1 atom stereocenters. The molecule has 4 nitrogen and oxygen atoms in total. The first kappa shape index (κ1) is 14.9. The topological polar surface area (TPSA) is 53.4 Å². The summed E-state index contributed by atoms with van der Waals surface area (Å²) in [5.41, 5.74) is 1.23. The normalized spacial score (nSPS) is 18.3. The third kappa shape index (κ3) is 3.99. The summed E-state index contributed by atoms with van der Waals surface area (Å²) in [6.45, 7) is 3.76. The molecular formula is C15H18N2O2S. The lowest BCUT2D eigenvalue weighted by Gasteiger charge is -2.30. The van der Waals surface area contributed by atoms with Crippen LogP contribution in [0.4, 0.5) is 0 Å². The minimum absolute atomic E-state index is 0.00739. The predicted molar refractivity (Wildman–Crippen MR) is 80.6 cm³/mol. The molecule has 106 valence electrons. The van der Waals surface area contributed by atoms with Gasteiger partial charge in [0.1, 0.15) is 5.69 Å². The lowest BCUT2D eigenvalue weighted by Crippen LogP contribution is -2.41. The van der Waals surface area contributed by atoms with Crippen LogP contribution in [-0.4, -0.2) is 51.6 Å². The molecule has 1 aliphatic rings. The number of hydrogen-bond donors (Lipinski definition) is 1. The summed E-state index contributed by atoms with van der Waals surface area (Å²) >= 11 is 1.90. The van der Waals surface area contributed by atoms with Gasteiger partial charge in [-0.3, -0.25) is 4.79 Å². The number of amides is 1. The zero-order chi connectivity index (χ0) is 14.4. The Kier molecular flexibility index (Phi) is 5.45. The Morgan fingerprint density at radius 1 is 1.60 bits per heavy atom. The van der Waals surface area contributed by atoms with E-state index in [2.05, 4.69) is 23.7 Å². The number of carbonyl (C=O) groups is 1. The van der Waals surface area contributed by atoms with Gasteiger partial charge in [-0.1, -0.05) is 18.8 Å². The van der Waals surface area contributed by atoms with Crippen molar-refractivity contribution in [3.05, 3.63) is 29.6 Å². The number of aromatic nitrogens is 1. The Morgan fingerprint density at radius 2 is 2.45 bits per heavy atom. The highest BCUT2D eigenvalue weighted by Crippen LogP contribution is 2.19. The number of thioether (sulfide) groups is 1. The van der Waals surface area contributed by atoms with Gasteiger partial charge in [0, 0.05) is 42.3 Å². The van der Waals surface area contributed by atoms with Crippen molar-refractivity contribution in [1.29, 1.82) is 0 Å². The molecule has 1 N–H and O–H groups in total. The van der Waals surface area contributed by atoms with Gasteiger partial charge < -0.3 is 10.0 Å². The van der Waals surface area contributed by atoms with E-state index in [0.29, 0.717) is 17.4 Å². The van der Waals surface area contributed by atoms with Gasteiger partial charge >= 0.3 is 0 Å². The number of aliphatic hydroxyl groups is 1. The van der Waals surface area contributed by atoms with Gasteiger partial charge in [-0.05, 0) is 12.1 Å². The van der Waals surface area contributed by atoms with Crippen molar-refractivity contribution < 1.29 is 9.90 Å². The van der Waals surface area contributed by atoms with Crippen LogP contribution in [0.15, 0.2) is 18.3 Å². The molecule has 5 heteroatoms. The highest BCUT2D eigenvalue weighted by molar-refractivity contribution is 7.99. The van der Waals surface area contributed by atoms with Crippen LogP contribution in [0, 0.1) is 11.8 Å². The second kappa shape index (κ2) is 7.32. The van der Waals surface area contributed by atoms with Crippen molar-refractivity contribution in [3.63, 3.8) is 0 Å². The fourth-order valence-electron chi connectivity index (χ4n) is 1.98. The van der Waals surface area contributed by atoms with Crippen molar-refractivity contribution in [1.82, 2.24) is 9.88 Å². The average Bonchev–Trinajstić information content (AvgIpc) is 2.47. The van der Waals surface area contributed by atoms with E-state index in [1.165, 1.54) is 0 Å². The molecule has 1 unspecified atom stereocenters. The van der Waals surface area contributed by atoms with Crippen LogP contribution in [0.1, 0.15) is 29.4 Å². The average molecular weight is 290 g/mol. The molecule has 1 fully saturated rings. The fraction of sp³-hybridized carbons (Fsp3) is 0.467. The van der Waals surface area contributed by atoms with E-state index >= 15 is 0 Å². The van der Waals surface area contributed by atoms with Crippen LogP contribution < -0.4 is 0 Å². The maximum Gasteiger partial charge on any atom is 0.272 e. The van der Waals surface area contributed by atoms with E-state index in [-0.39, 0.29) is 12.5 Å². The van der Waals surface area contributed by atoms with Gasteiger partial charge in [0.15, 0.2) is 0 Å². The molecule has 1 aromatic heterocycles. The summed E-state index contributed by atoms with van der Waals surface area (Å²) in [4.78, 5) is 18.4. The van der Waals surface area contributed by atoms with Crippen molar-refractivity contribution in [3.8, 4) is 11.8 Å².